The summed E-state index contributed by atoms with van der Waals surface area (Å²) in [7, 11) is 0. The minimum Gasteiger partial charge on any atom is -0.375 e. The van der Waals surface area contributed by atoms with E-state index in [0.717, 1.165) is 10.7 Å². The number of aromatic nitrogens is 2. The first kappa shape index (κ1) is 18.2. The molecule has 0 aliphatic heterocycles. The molecule has 0 aliphatic carbocycles. The van der Waals surface area contributed by atoms with Gasteiger partial charge < -0.3 is 5.73 Å². The second-order valence-electron chi connectivity index (χ2n) is 5.20. The number of nitrogens with zero attached hydrogens (tertiary/aromatic N) is 3. The molecule has 0 spiro atoms. The van der Waals surface area contributed by atoms with Crippen LogP contribution >= 0.6 is 12.2 Å². The summed E-state index contributed by atoms with van der Waals surface area (Å²) in [5.74, 6) is -0.376. The fraction of sp³-hybridized carbons (Fsp3) is 0.583. The van der Waals surface area contributed by atoms with Crippen LogP contribution in [0.4, 0.5) is 13.2 Å². The molecule has 10 heteroatoms. The second-order valence-corrected chi connectivity index (χ2v) is 5.62. The second kappa shape index (κ2) is 6.95. The number of hydrogen-bond acceptors (Lipinski definition) is 3. The van der Waals surface area contributed by atoms with Crippen molar-refractivity contribution in [2.75, 3.05) is 6.54 Å². The summed E-state index contributed by atoms with van der Waals surface area (Å²) >= 11 is 4.81. The van der Waals surface area contributed by atoms with Gasteiger partial charge in [-0.3, -0.25) is 19.9 Å². The molecule has 3 N–H and O–H groups in total. The van der Waals surface area contributed by atoms with E-state index in [-0.39, 0.29) is 23.3 Å². The minimum absolute atomic E-state index is 0.0183. The highest BCUT2D eigenvalue weighted by Crippen LogP contribution is 2.28. The van der Waals surface area contributed by atoms with Crippen LogP contribution in [0.3, 0.4) is 0 Å². The molecule has 0 bridgehead atoms. The molecule has 0 saturated heterocycles. The fourth-order valence-corrected chi connectivity index (χ4v) is 1.81. The number of halogens is 3. The van der Waals surface area contributed by atoms with E-state index in [1.54, 1.807) is 0 Å². The van der Waals surface area contributed by atoms with Gasteiger partial charge in [-0.25, -0.2) is 0 Å². The Hall–Kier alpha value is -1.84. The van der Waals surface area contributed by atoms with Crippen molar-refractivity contribution in [1.82, 2.24) is 20.2 Å². The van der Waals surface area contributed by atoms with Crippen LogP contribution in [-0.2, 0) is 17.5 Å². The topological polar surface area (TPSA) is 76.2 Å². The van der Waals surface area contributed by atoms with Crippen LogP contribution in [0.15, 0.2) is 6.07 Å². The first-order chi connectivity index (χ1) is 10.0. The molecule has 1 rings (SSSR count). The van der Waals surface area contributed by atoms with E-state index >= 15 is 0 Å². The Balaban J connectivity index is 2.76. The highest BCUT2D eigenvalue weighted by atomic mass is 32.1. The van der Waals surface area contributed by atoms with Gasteiger partial charge in [0.1, 0.15) is 6.54 Å². The molecule has 6 nitrogen and oxygen atoms in total. The fourth-order valence-electron chi connectivity index (χ4n) is 1.69. The molecule has 0 aromatic carbocycles. The highest BCUT2D eigenvalue weighted by molar-refractivity contribution is 7.80. The van der Waals surface area contributed by atoms with Crippen LogP contribution in [0.25, 0.3) is 0 Å². The van der Waals surface area contributed by atoms with Gasteiger partial charge in [-0.15, -0.1) is 0 Å². The number of amides is 1. The van der Waals surface area contributed by atoms with E-state index in [0.29, 0.717) is 6.54 Å². The minimum atomic E-state index is -4.55. The average Bonchev–Trinajstić information content (AvgIpc) is 2.69. The number of hydrazine groups is 1. The Bertz CT molecular complexity index is 555. The Labute approximate surface area is 131 Å². The third-order valence-corrected chi connectivity index (χ3v) is 2.86. The third kappa shape index (κ3) is 5.17. The van der Waals surface area contributed by atoms with Crippen molar-refractivity contribution < 1.29 is 18.0 Å². The molecule has 1 amide bonds. The number of alkyl halides is 3. The van der Waals surface area contributed by atoms with Gasteiger partial charge in [0.25, 0.3) is 5.91 Å². The van der Waals surface area contributed by atoms with Crippen LogP contribution in [-0.4, -0.2) is 32.4 Å². The number of aryl methyl sites for hydroxylation is 1. The van der Waals surface area contributed by atoms with Crippen LogP contribution in [0.2, 0.25) is 0 Å². The number of nitrogens with one attached hydrogen (secondary N) is 1. The first-order valence-corrected chi connectivity index (χ1v) is 6.89. The third-order valence-electron chi connectivity index (χ3n) is 2.64. The normalized spacial score (nSPS) is 11.6. The molecular formula is C12H18F3N5OS. The lowest BCUT2D eigenvalue weighted by atomic mass is 10.2. The molecular weight excluding hydrogens is 319 g/mol. The quantitative estimate of drug-likeness (QED) is 0.642. The molecule has 1 aromatic rings. The smallest absolute Gasteiger partial charge is 0.375 e. The van der Waals surface area contributed by atoms with Crippen molar-refractivity contribution in [1.29, 1.82) is 0 Å². The summed E-state index contributed by atoms with van der Waals surface area (Å²) in [6, 6.07) is 0.882. The van der Waals surface area contributed by atoms with E-state index in [2.05, 4.69) is 10.5 Å². The summed E-state index contributed by atoms with van der Waals surface area (Å²) in [5, 5.41) is 4.65. The lowest BCUT2D eigenvalue weighted by Crippen LogP contribution is -2.51. The molecule has 0 fully saturated rings. The van der Waals surface area contributed by atoms with Crippen molar-refractivity contribution in [2.24, 2.45) is 11.7 Å². The highest BCUT2D eigenvalue weighted by Gasteiger charge is 2.34. The molecule has 0 saturated carbocycles. The molecule has 0 unspecified atom stereocenters. The number of rotatable bonds is 4. The molecule has 0 radical (unpaired) electrons. The van der Waals surface area contributed by atoms with Crippen LogP contribution < -0.4 is 11.2 Å². The summed E-state index contributed by atoms with van der Waals surface area (Å²) in [6.45, 7) is 5.29. The van der Waals surface area contributed by atoms with Gasteiger partial charge in [0, 0.05) is 12.2 Å². The Morgan fingerprint density at radius 1 is 1.55 bits per heavy atom. The van der Waals surface area contributed by atoms with Gasteiger partial charge in [0.15, 0.2) is 10.8 Å². The van der Waals surface area contributed by atoms with Crippen molar-refractivity contribution >= 4 is 23.2 Å². The van der Waals surface area contributed by atoms with Crippen LogP contribution in [0.1, 0.15) is 25.2 Å². The van der Waals surface area contributed by atoms with E-state index in [4.69, 9.17) is 18.0 Å². The van der Waals surface area contributed by atoms with Gasteiger partial charge in [-0.2, -0.15) is 18.3 Å². The van der Waals surface area contributed by atoms with Crippen LogP contribution in [0, 0.1) is 12.8 Å². The SMILES string of the molecule is Cc1cc(C(F)(F)F)nn1CC(=O)NN(CC(C)C)C(N)=S. The maximum atomic E-state index is 12.6. The summed E-state index contributed by atoms with van der Waals surface area (Å²) < 4.78 is 38.7. The van der Waals surface area contributed by atoms with E-state index in [1.807, 2.05) is 13.8 Å². The predicted molar refractivity (Wildman–Crippen MR) is 78.4 cm³/mol. The van der Waals surface area contributed by atoms with Gasteiger partial charge in [-0.1, -0.05) is 13.8 Å². The number of carbonyl (C=O) groups excluding carboxylic acids is 1. The number of thiocarbonyl (C=S) groups is 1. The van der Waals surface area contributed by atoms with Crippen LogP contribution in [0.5, 0.6) is 0 Å². The summed E-state index contributed by atoms with van der Waals surface area (Å²) in [6.07, 6.45) is -4.55. The summed E-state index contributed by atoms with van der Waals surface area (Å²) in [5.41, 5.74) is 7.14. The average molecular weight is 337 g/mol. The number of carbonyl (C=O) groups is 1. The Morgan fingerprint density at radius 3 is 2.55 bits per heavy atom. The Kier molecular flexibility index (Phi) is 5.75. The van der Waals surface area contributed by atoms with E-state index < -0.39 is 17.8 Å². The zero-order chi connectivity index (χ0) is 17.1. The first-order valence-electron chi connectivity index (χ1n) is 6.48. The van der Waals surface area contributed by atoms with Crippen molar-refractivity contribution in [3.05, 3.63) is 17.5 Å². The predicted octanol–water partition coefficient (Wildman–Crippen LogP) is 1.44. The van der Waals surface area contributed by atoms with Gasteiger partial charge in [-0.05, 0) is 31.1 Å². The molecule has 1 heterocycles. The molecule has 0 atom stereocenters. The lowest BCUT2D eigenvalue weighted by Gasteiger charge is -2.25. The maximum absolute atomic E-state index is 12.6. The maximum Gasteiger partial charge on any atom is 0.435 e. The summed E-state index contributed by atoms with van der Waals surface area (Å²) in [4.78, 5) is 11.9. The zero-order valence-corrected chi connectivity index (χ0v) is 13.3. The van der Waals surface area contributed by atoms with Crippen molar-refractivity contribution in [3.8, 4) is 0 Å². The van der Waals surface area contributed by atoms with Crippen molar-refractivity contribution in [2.45, 2.75) is 33.5 Å². The molecule has 1 aromatic heterocycles. The monoisotopic (exact) mass is 337 g/mol. The van der Waals surface area contributed by atoms with E-state index in [9.17, 15) is 18.0 Å². The molecule has 124 valence electrons. The molecule has 22 heavy (non-hydrogen) atoms. The largest absolute Gasteiger partial charge is 0.435 e. The van der Waals surface area contributed by atoms with Gasteiger partial charge >= 0.3 is 6.18 Å². The van der Waals surface area contributed by atoms with E-state index in [1.165, 1.54) is 11.9 Å². The van der Waals surface area contributed by atoms with Gasteiger partial charge in [0.05, 0.1) is 0 Å². The van der Waals surface area contributed by atoms with Gasteiger partial charge in [0.2, 0.25) is 0 Å². The Morgan fingerprint density at radius 2 is 2.14 bits per heavy atom. The lowest BCUT2D eigenvalue weighted by molar-refractivity contribution is -0.141. The zero-order valence-electron chi connectivity index (χ0n) is 12.4. The van der Waals surface area contributed by atoms with Crippen molar-refractivity contribution in [3.63, 3.8) is 0 Å². The standard InChI is InChI=1S/C12H18F3N5OS/c1-7(2)5-20(11(16)22)18-10(21)6-19-8(3)4-9(17-19)12(13,14)15/h4,7H,5-6H2,1-3H3,(H2,16,22)(H,18,21). The number of hydrogen-bond donors (Lipinski definition) is 2. The molecule has 0 aliphatic rings. The number of nitrogens with two attached hydrogens (primary N) is 1.